The Morgan fingerprint density at radius 3 is 2.83 bits per heavy atom. The van der Waals surface area contributed by atoms with Crippen LogP contribution in [0.25, 0.3) is 0 Å². The molecule has 18 heavy (non-hydrogen) atoms. The topological polar surface area (TPSA) is 34.2 Å². The molecule has 1 unspecified atom stereocenters. The Labute approximate surface area is 112 Å². The van der Waals surface area contributed by atoms with Crippen LogP contribution in [0.2, 0.25) is 0 Å². The summed E-state index contributed by atoms with van der Waals surface area (Å²) in [6, 6.07) is 8.25. The van der Waals surface area contributed by atoms with Gasteiger partial charge in [0.15, 0.2) is 0 Å². The molecule has 0 aliphatic carbocycles. The van der Waals surface area contributed by atoms with Crippen molar-refractivity contribution in [1.82, 2.24) is 10.3 Å². The first-order valence-electron chi connectivity index (χ1n) is 6.21. The summed E-state index contributed by atoms with van der Waals surface area (Å²) in [5.41, 5.74) is 1.15. The highest BCUT2D eigenvalue weighted by atomic mass is 32.1. The van der Waals surface area contributed by atoms with Gasteiger partial charge in [-0.3, -0.25) is 0 Å². The maximum absolute atomic E-state index is 5.70. The minimum absolute atomic E-state index is 0.109. The first kappa shape index (κ1) is 13.1. The Bertz CT molecular complexity index is 470. The van der Waals surface area contributed by atoms with Crippen LogP contribution in [0.3, 0.4) is 0 Å². The summed E-state index contributed by atoms with van der Waals surface area (Å²) in [5.74, 6) is 0.932. The van der Waals surface area contributed by atoms with Crippen molar-refractivity contribution in [1.29, 1.82) is 0 Å². The second-order valence-electron chi connectivity index (χ2n) is 3.83. The lowest BCUT2D eigenvalue weighted by Gasteiger charge is -2.19. The smallest absolute Gasteiger partial charge is 0.124 e. The van der Waals surface area contributed by atoms with Gasteiger partial charge in [-0.1, -0.05) is 25.1 Å². The van der Waals surface area contributed by atoms with Crippen LogP contribution in [0.4, 0.5) is 0 Å². The van der Waals surface area contributed by atoms with Crippen molar-refractivity contribution in [3.63, 3.8) is 0 Å². The molecule has 1 atom stereocenters. The average Bonchev–Trinajstić information content (AvgIpc) is 2.91. The van der Waals surface area contributed by atoms with Crippen LogP contribution in [0.5, 0.6) is 5.75 Å². The molecule has 0 radical (unpaired) electrons. The molecular weight excluding hydrogens is 244 g/mol. The van der Waals surface area contributed by atoms with Crippen LogP contribution in [0.1, 0.15) is 30.5 Å². The zero-order valence-electron chi connectivity index (χ0n) is 10.7. The van der Waals surface area contributed by atoms with Gasteiger partial charge in [-0.05, 0) is 19.5 Å². The van der Waals surface area contributed by atoms with E-state index in [0.717, 1.165) is 22.9 Å². The van der Waals surface area contributed by atoms with E-state index in [-0.39, 0.29) is 6.04 Å². The van der Waals surface area contributed by atoms with Crippen LogP contribution < -0.4 is 10.1 Å². The van der Waals surface area contributed by atoms with Crippen LogP contribution in [0.15, 0.2) is 35.8 Å². The van der Waals surface area contributed by atoms with E-state index in [4.69, 9.17) is 4.74 Å². The Morgan fingerprint density at radius 1 is 1.33 bits per heavy atom. The SMILES string of the molecule is CCNC(c1nccs1)c1ccccc1OCC. The number of aromatic nitrogens is 1. The molecule has 0 aliphatic heterocycles. The van der Waals surface area contributed by atoms with E-state index in [1.165, 1.54) is 0 Å². The third-order valence-corrected chi connectivity index (χ3v) is 3.48. The minimum atomic E-state index is 0.109. The van der Waals surface area contributed by atoms with E-state index in [9.17, 15) is 0 Å². The van der Waals surface area contributed by atoms with Gasteiger partial charge in [-0.25, -0.2) is 4.98 Å². The largest absolute Gasteiger partial charge is 0.494 e. The molecule has 2 aromatic rings. The molecule has 1 N–H and O–H groups in total. The fourth-order valence-corrected chi connectivity index (χ4v) is 2.65. The van der Waals surface area contributed by atoms with Gasteiger partial charge < -0.3 is 10.1 Å². The van der Waals surface area contributed by atoms with Gasteiger partial charge >= 0.3 is 0 Å². The molecule has 1 aromatic heterocycles. The Morgan fingerprint density at radius 2 is 2.17 bits per heavy atom. The summed E-state index contributed by atoms with van der Waals surface area (Å²) in [7, 11) is 0. The van der Waals surface area contributed by atoms with E-state index < -0.39 is 0 Å². The molecule has 2 rings (SSSR count). The zero-order valence-corrected chi connectivity index (χ0v) is 11.5. The second kappa shape index (κ2) is 6.52. The number of benzene rings is 1. The standard InChI is InChI=1S/C14H18N2OS/c1-3-15-13(14-16-9-10-18-14)11-7-5-6-8-12(11)17-4-2/h5-10,13,15H,3-4H2,1-2H3. The van der Waals surface area contributed by atoms with E-state index >= 15 is 0 Å². The molecule has 1 aromatic carbocycles. The van der Waals surface area contributed by atoms with Crippen molar-refractivity contribution in [2.45, 2.75) is 19.9 Å². The molecule has 3 nitrogen and oxygen atoms in total. The van der Waals surface area contributed by atoms with Crippen molar-refractivity contribution < 1.29 is 4.74 Å². The van der Waals surface area contributed by atoms with E-state index in [0.29, 0.717) is 6.61 Å². The summed E-state index contributed by atoms with van der Waals surface area (Å²) in [6.45, 7) is 5.67. The average molecular weight is 262 g/mol. The molecule has 96 valence electrons. The molecule has 0 fully saturated rings. The van der Waals surface area contributed by atoms with E-state index in [1.54, 1.807) is 11.3 Å². The van der Waals surface area contributed by atoms with Crippen molar-refractivity contribution in [3.05, 3.63) is 46.4 Å². The van der Waals surface area contributed by atoms with Gasteiger partial charge in [0, 0.05) is 17.1 Å². The number of hydrogen-bond donors (Lipinski definition) is 1. The van der Waals surface area contributed by atoms with Crippen molar-refractivity contribution in [2.24, 2.45) is 0 Å². The van der Waals surface area contributed by atoms with Gasteiger partial charge in [0.05, 0.1) is 12.6 Å². The van der Waals surface area contributed by atoms with E-state index in [1.807, 2.05) is 36.7 Å². The summed E-state index contributed by atoms with van der Waals surface area (Å²) in [4.78, 5) is 4.41. The molecule has 4 heteroatoms. The molecule has 0 spiro atoms. The summed E-state index contributed by atoms with van der Waals surface area (Å²) >= 11 is 1.66. The fourth-order valence-electron chi connectivity index (χ4n) is 1.92. The van der Waals surface area contributed by atoms with Crippen molar-refractivity contribution in [3.8, 4) is 5.75 Å². The van der Waals surface area contributed by atoms with Crippen LogP contribution in [-0.2, 0) is 0 Å². The lowest BCUT2D eigenvalue weighted by Crippen LogP contribution is -2.22. The number of nitrogens with zero attached hydrogens (tertiary/aromatic N) is 1. The van der Waals surface area contributed by atoms with Crippen molar-refractivity contribution >= 4 is 11.3 Å². The third-order valence-electron chi connectivity index (χ3n) is 2.64. The number of hydrogen-bond acceptors (Lipinski definition) is 4. The summed E-state index contributed by atoms with van der Waals surface area (Å²) in [6.07, 6.45) is 1.84. The predicted octanol–water partition coefficient (Wildman–Crippen LogP) is 3.24. The highest BCUT2D eigenvalue weighted by molar-refractivity contribution is 7.09. The number of rotatable bonds is 6. The molecule has 1 heterocycles. The zero-order chi connectivity index (χ0) is 12.8. The highest BCUT2D eigenvalue weighted by Crippen LogP contribution is 2.30. The maximum Gasteiger partial charge on any atom is 0.124 e. The molecule has 0 saturated heterocycles. The molecule has 0 amide bonds. The van der Waals surface area contributed by atoms with Crippen molar-refractivity contribution in [2.75, 3.05) is 13.2 Å². The van der Waals surface area contributed by atoms with E-state index in [2.05, 4.69) is 23.3 Å². The number of nitrogens with one attached hydrogen (secondary N) is 1. The first-order chi connectivity index (χ1) is 8.86. The molecule has 0 saturated carbocycles. The lowest BCUT2D eigenvalue weighted by molar-refractivity contribution is 0.333. The van der Waals surface area contributed by atoms with Gasteiger partial charge in [0.2, 0.25) is 0 Å². The normalized spacial score (nSPS) is 12.3. The molecular formula is C14H18N2OS. The van der Waals surface area contributed by atoms with Gasteiger partial charge in [0.1, 0.15) is 10.8 Å². The Balaban J connectivity index is 2.36. The maximum atomic E-state index is 5.70. The fraction of sp³-hybridized carbons (Fsp3) is 0.357. The number of para-hydroxylation sites is 1. The first-order valence-corrected chi connectivity index (χ1v) is 7.09. The second-order valence-corrected chi connectivity index (χ2v) is 4.76. The molecule has 0 aliphatic rings. The Hall–Kier alpha value is -1.39. The Kier molecular flexibility index (Phi) is 4.73. The van der Waals surface area contributed by atoms with Gasteiger partial charge in [-0.15, -0.1) is 11.3 Å². The van der Waals surface area contributed by atoms with Crippen LogP contribution in [-0.4, -0.2) is 18.1 Å². The quantitative estimate of drug-likeness (QED) is 0.867. The van der Waals surface area contributed by atoms with Crippen LogP contribution >= 0.6 is 11.3 Å². The minimum Gasteiger partial charge on any atom is -0.494 e. The summed E-state index contributed by atoms with van der Waals surface area (Å²) in [5, 5.41) is 6.54. The number of thiazole rings is 1. The monoisotopic (exact) mass is 262 g/mol. The number of ether oxygens (including phenoxy) is 1. The lowest BCUT2D eigenvalue weighted by atomic mass is 10.1. The van der Waals surface area contributed by atoms with Gasteiger partial charge in [-0.2, -0.15) is 0 Å². The van der Waals surface area contributed by atoms with Crippen LogP contribution in [0, 0.1) is 0 Å². The summed E-state index contributed by atoms with van der Waals surface area (Å²) < 4.78 is 5.70. The molecule has 0 bridgehead atoms. The predicted molar refractivity (Wildman–Crippen MR) is 75.2 cm³/mol. The highest BCUT2D eigenvalue weighted by Gasteiger charge is 2.19. The third kappa shape index (κ3) is 2.89. The van der Waals surface area contributed by atoms with Gasteiger partial charge in [0.25, 0.3) is 0 Å².